The fourth-order valence-electron chi connectivity index (χ4n) is 1.45. The van der Waals surface area contributed by atoms with E-state index in [1.807, 2.05) is 0 Å². The Bertz CT molecular complexity index is 384. The summed E-state index contributed by atoms with van der Waals surface area (Å²) in [5, 5.41) is 9.67. The number of phenols is 1. The standard InChI is InChI=1S/C11H15NO4.ClH/c1-15-9-5-3-4-8(13)11(9)7(12)6-10(14)16-2;/h3-5,7,13H,6,12H2,1-2H3;1H/t7-;/m1./s1. The molecule has 1 aromatic rings. The van der Waals surface area contributed by atoms with Crippen LogP contribution in [0.1, 0.15) is 18.0 Å². The van der Waals surface area contributed by atoms with E-state index in [-0.39, 0.29) is 24.6 Å². The molecule has 0 heterocycles. The fourth-order valence-corrected chi connectivity index (χ4v) is 1.45. The predicted octanol–water partition coefficient (Wildman–Crippen LogP) is 1.39. The summed E-state index contributed by atoms with van der Waals surface area (Å²) in [5.41, 5.74) is 6.22. The van der Waals surface area contributed by atoms with Crippen LogP contribution in [0.15, 0.2) is 18.2 Å². The second-order valence-corrected chi connectivity index (χ2v) is 3.28. The van der Waals surface area contributed by atoms with Crippen LogP contribution in [0.5, 0.6) is 11.5 Å². The van der Waals surface area contributed by atoms with Crippen molar-refractivity contribution in [1.29, 1.82) is 0 Å². The van der Waals surface area contributed by atoms with Crippen molar-refractivity contribution in [3.8, 4) is 11.5 Å². The summed E-state index contributed by atoms with van der Waals surface area (Å²) < 4.78 is 9.58. The lowest BCUT2D eigenvalue weighted by atomic mass is 10.0. The molecule has 17 heavy (non-hydrogen) atoms. The average molecular weight is 262 g/mol. The predicted molar refractivity (Wildman–Crippen MR) is 65.5 cm³/mol. The van der Waals surface area contributed by atoms with Crippen molar-refractivity contribution in [2.75, 3.05) is 14.2 Å². The zero-order chi connectivity index (χ0) is 12.1. The quantitative estimate of drug-likeness (QED) is 0.801. The van der Waals surface area contributed by atoms with Gasteiger partial charge >= 0.3 is 5.97 Å². The van der Waals surface area contributed by atoms with Gasteiger partial charge in [-0.25, -0.2) is 0 Å². The van der Waals surface area contributed by atoms with Crippen LogP contribution in [0.25, 0.3) is 0 Å². The number of phenolic OH excluding ortho intramolecular Hbond substituents is 1. The van der Waals surface area contributed by atoms with Gasteiger partial charge in [0.1, 0.15) is 11.5 Å². The molecule has 1 atom stereocenters. The molecular weight excluding hydrogens is 246 g/mol. The average Bonchev–Trinajstić information content (AvgIpc) is 2.28. The Morgan fingerprint density at radius 2 is 2.12 bits per heavy atom. The van der Waals surface area contributed by atoms with Gasteiger partial charge in [0.15, 0.2) is 0 Å². The molecule has 1 aromatic carbocycles. The summed E-state index contributed by atoms with van der Waals surface area (Å²) in [5.74, 6) is 0.0324. The normalized spacial score (nSPS) is 11.2. The van der Waals surface area contributed by atoms with E-state index in [0.717, 1.165) is 0 Å². The largest absolute Gasteiger partial charge is 0.507 e. The first-order chi connectivity index (χ1) is 7.60. The molecule has 5 nitrogen and oxygen atoms in total. The molecule has 3 N–H and O–H groups in total. The van der Waals surface area contributed by atoms with Gasteiger partial charge in [0.2, 0.25) is 0 Å². The van der Waals surface area contributed by atoms with Gasteiger partial charge in [0, 0.05) is 6.04 Å². The molecule has 96 valence electrons. The van der Waals surface area contributed by atoms with E-state index in [0.29, 0.717) is 11.3 Å². The van der Waals surface area contributed by atoms with Gasteiger partial charge in [-0.1, -0.05) is 6.07 Å². The lowest BCUT2D eigenvalue weighted by Crippen LogP contribution is -2.17. The summed E-state index contributed by atoms with van der Waals surface area (Å²) >= 11 is 0. The highest BCUT2D eigenvalue weighted by Crippen LogP contribution is 2.33. The lowest BCUT2D eigenvalue weighted by Gasteiger charge is -2.15. The number of ether oxygens (including phenoxy) is 2. The molecule has 0 fully saturated rings. The van der Waals surface area contributed by atoms with E-state index < -0.39 is 12.0 Å². The fraction of sp³-hybridized carbons (Fsp3) is 0.364. The van der Waals surface area contributed by atoms with Crippen LogP contribution in [-0.2, 0) is 9.53 Å². The van der Waals surface area contributed by atoms with Crippen LogP contribution >= 0.6 is 12.4 Å². The molecule has 0 spiro atoms. The van der Waals surface area contributed by atoms with Crippen molar-refractivity contribution in [2.45, 2.75) is 12.5 Å². The number of hydrogen-bond acceptors (Lipinski definition) is 5. The molecule has 0 aliphatic heterocycles. The minimum absolute atomic E-state index is 0. The van der Waals surface area contributed by atoms with Crippen LogP contribution in [0.3, 0.4) is 0 Å². The number of aromatic hydroxyl groups is 1. The summed E-state index contributed by atoms with van der Waals surface area (Å²) in [6, 6.07) is 4.16. The van der Waals surface area contributed by atoms with Gasteiger partial charge in [-0.05, 0) is 12.1 Å². The first-order valence-electron chi connectivity index (χ1n) is 4.78. The first-order valence-corrected chi connectivity index (χ1v) is 4.78. The summed E-state index contributed by atoms with van der Waals surface area (Å²) in [6.45, 7) is 0. The number of methoxy groups -OCH3 is 2. The van der Waals surface area contributed by atoms with Crippen molar-refractivity contribution in [3.05, 3.63) is 23.8 Å². The molecule has 0 unspecified atom stereocenters. The number of hydrogen-bond donors (Lipinski definition) is 2. The van der Waals surface area contributed by atoms with Crippen molar-refractivity contribution < 1.29 is 19.4 Å². The molecule has 0 aliphatic carbocycles. The van der Waals surface area contributed by atoms with Crippen molar-refractivity contribution >= 4 is 18.4 Å². The van der Waals surface area contributed by atoms with Crippen molar-refractivity contribution in [2.24, 2.45) is 5.73 Å². The molecule has 6 heteroatoms. The van der Waals surface area contributed by atoms with Crippen LogP contribution in [-0.4, -0.2) is 25.3 Å². The third-order valence-corrected chi connectivity index (χ3v) is 2.25. The molecule has 0 aliphatic rings. The van der Waals surface area contributed by atoms with Gasteiger partial charge in [-0.2, -0.15) is 0 Å². The monoisotopic (exact) mass is 261 g/mol. The third-order valence-electron chi connectivity index (χ3n) is 2.25. The number of rotatable bonds is 4. The molecule has 0 saturated carbocycles. The molecule has 0 aromatic heterocycles. The number of esters is 1. The maximum atomic E-state index is 11.1. The van der Waals surface area contributed by atoms with E-state index in [2.05, 4.69) is 4.74 Å². The molecule has 0 radical (unpaired) electrons. The Morgan fingerprint density at radius 3 is 2.65 bits per heavy atom. The topological polar surface area (TPSA) is 81.8 Å². The zero-order valence-electron chi connectivity index (χ0n) is 9.67. The Hall–Kier alpha value is -1.46. The van der Waals surface area contributed by atoms with Crippen LogP contribution in [0.2, 0.25) is 0 Å². The van der Waals surface area contributed by atoms with Gasteiger partial charge in [0.25, 0.3) is 0 Å². The number of benzene rings is 1. The lowest BCUT2D eigenvalue weighted by molar-refractivity contribution is -0.141. The highest BCUT2D eigenvalue weighted by atomic mass is 35.5. The number of carbonyl (C=O) groups excluding carboxylic acids is 1. The molecular formula is C11H16ClNO4. The molecule has 1 rings (SSSR count). The van der Waals surface area contributed by atoms with E-state index in [4.69, 9.17) is 10.5 Å². The van der Waals surface area contributed by atoms with Crippen molar-refractivity contribution in [1.82, 2.24) is 0 Å². The second-order valence-electron chi connectivity index (χ2n) is 3.28. The Labute approximate surface area is 106 Å². The summed E-state index contributed by atoms with van der Waals surface area (Å²) in [6.07, 6.45) is -0.00949. The third kappa shape index (κ3) is 3.80. The van der Waals surface area contributed by atoms with E-state index >= 15 is 0 Å². The van der Waals surface area contributed by atoms with Crippen LogP contribution < -0.4 is 10.5 Å². The van der Waals surface area contributed by atoms with Crippen LogP contribution in [0, 0.1) is 0 Å². The maximum Gasteiger partial charge on any atom is 0.307 e. The Kier molecular flexibility index (Phi) is 6.38. The number of nitrogens with two attached hydrogens (primary N) is 1. The second kappa shape index (κ2) is 6.98. The van der Waals surface area contributed by atoms with Gasteiger partial charge in [0.05, 0.1) is 26.2 Å². The highest BCUT2D eigenvalue weighted by molar-refractivity contribution is 5.85. The smallest absolute Gasteiger partial charge is 0.307 e. The molecule has 0 bridgehead atoms. The minimum Gasteiger partial charge on any atom is -0.507 e. The number of carbonyl (C=O) groups is 1. The minimum atomic E-state index is -0.649. The van der Waals surface area contributed by atoms with E-state index in [1.165, 1.54) is 20.3 Å². The van der Waals surface area contributed by atoms with E-state index in [9.17, 15) is 9.90 Å². The SMILES string of the molecule is COC(=O)C[C@@H](N)c1c(O)cccc1OC.Cl. The maximum absolute atomic E-state index is 11.1. The van der Waals surface area contributed by atoms with Gasteiger partial charge < -0.3 is 20.3 Å². The first kappa shape index (κ1) is 15.5. The molecule has 0 amide bonds. The van der Waals surface area contributed by atoms with Gasteiger partial charge in [-0.15, -0.1) is 12.4 Å². The highest BCUT2D eigenvalue weighted by Gasteiger charge is 2.19. The Balaban J connectivity index is 0.00000256. The molecule has 0 saturated heterocycles. The zero-order valence-corrected chi connectivity index (χ0v) is 10.5. The van der Waals surface area contributed by atoms with Crippen LogP contribution in [0.4, 0.5) is 0 Å². The van der Waals surface area contributed by atoms with Crippen molar-refractivity contribution in [3.63, 3.8) is 0 Å². The number of halogens is 1. The summed E-state index contributed by atoms with van der Waals surface area (Å²) in [7, 11) is 2.76. The Morgan fingerprint density at radius 1 is 1.47 bits per heavy atom. The van der Waals surface area contributed by atoms with Gasteiger partial charge in [-0.3, -0.25) is 4.79 Å². The summed E-state index contributed by atoms with van der Waals surface area (Å²) in [4.78, 5) is 11.1. The van der Waals surface area contributed by atoms with E-state index in [1.54, 1.807) is 12.1 Å².